The Balaban J connectivity index is 1.34. The average molecular weight is 776 g/mol. The minimum atomic E-state index is -1.07. The number of methoxy groups -OCH3 is 2. The molecule has 0 spiro atoms. The van der Waals surface area contributed by atoms with Crippen LogP contribution in [0.15, 0.2) is 121 Å². The second-order valence-corrected chi connectivity index (χ2v) is 16.1. The van der Waals surface area contributed by atoms with Crippen molar-refractivity contribution in [3.63, 3.8) is 0 Å². The van der Waals surface area contributed by atoms with Crippen molar-refractivity contribution < 1.29 is 37.5 Å². The molecule has 2 fully saturated rings. The molecule has 2 aliphatic heterocycles. The summed E-state index contributed by atoms with van der Waals surface area (Å²) in [6.07, 6.45) is -1.03. The van der Waals surface area contributed by atoms with E-state index in [2.05, 4.69) is 113 Å². The lowest BCUT2D eigenvalue weighted by Crippen LogP contribution is -2.53. The maximum Gasteiger partial charge on any atom is 0.273 e. The van der Waals surface area contributed by atoms with Crippen LogP contribution in [0.5, 0.6) is 11.5 Å². The number of fused-ring (bicyclic) bond motifs is 3. The number of nitrogens with zero attached hydrogens (tertiary/aromatic N) is 2. The summed E-state index contributed by atoms with van der Waals surface area (Å²) in [5.74, 6) is 1.49. The van der Waals surface area contributed by atoms with Gasteiger partial charge in [0.2, 0.25) is 0 Å². The van der Waals surface area contributed by atoms with E-state index in [1.807, 2.05) is 42.5 Å². The molecule has 9 nitrogen and oxygen atoms in total. The van der Waals surface area contributed by atoms with E-state index in [9.17, 15) is 5.26 Å². The molecule has 0 N–H and O–H groups in total. The predicted octanol–water partition coefficient (Wildman–Crippen LogP) is 9.45. The summed E-state index contributed by atoms with van der Waals surface area (Å²) >= 11 is 0. The maximum absolute atomic E-state index is 9.37. The summed E-state index contributed by atoms with van der Waals surface area (Å²) in [4.78, 5) is 6.54. The Morgan fingerprint density at radius 1 is 0.786 bits per heavy atom. The highest BCUT2D eigenvalue weighted by molar-refractivity contribution is 7.25. The molecule has 292 valence electrons. The van der Waals surface area contributed by atoms with Crippen LogP contribution in [-0.2, 0) is 29.2 Å². The van der Waals surface area contributed by atoms with Crippen molar-refractivity contribution >= 4 is 19.7 Å². The summed E-state index contributed by atoms with van der Waals surface area (Å²) in [6.45, 7) is 9.27. The lowest BCUT2D eigenvalue weighted by molar-refractivity contribution is -1.04. The minimum Gasteiger partial charge on any atom is -0.497 e. The van der Waals surface area contributed by atoms with E-state index in [4.69, 9.17) is 33.0 Å². The molecule has 0 saturated carbocycles. The Morgan fingerprint density at radius 2 is 1.38 bits per heavy atom. The molecule has 2 bridgehead atoms. The SMILES string of the molecule is COc1ccc(C(OC[C@@]23CO[C@H]([C@H](c4cccc5ccccc45)O2)[C@@H]3OP[N+](OCCC#N)(C(C)C)C(C)C)(c2ccccc2)c2ccc(OC)cc2)cc1. The second kappa shape index (κ2) is 17.0. The zero-order valence-electron chi connectivity index (χ0n) is 33.0. The third-order valence-corrected chi connectivity index (χ3v) is 13.0. The Hall–Kier alpha value is -4.36. The summed E-state index contributed by atoms with van der Waals surface area (Å²) in [7, 11) is 3.22. The van der Waals surface area contributed by atoms with Gasteiger partial charge in [0.25, 0.3) is 8.96 Å². The van der Waals surface area contributed by atoms with Crippen LogP contribution >= 0.6 is 8.96 Å². The van der Waals surface area contributed by atoms with Gasteiger partial charge in [-0.3, -0.25) is 0 Å². The van der Waals surface area contributed by atoms with Gasteiger partial charge in [-0.25, -0.2) is 0 Å². The van der Waals surface area contributed by atoms with Crippen LogP contribution in [0.4, 0.5) is 0 Å². The van der Waals surface area contributed by atoms with Gasteiger partial charge < -0.3 is 28.2 Å². The van der Waals surface area contributed by atoms with Crippen LogP contribution in [0.25, 0.3) is 10.8 Å². The van der Waals surface area contributed by atoms with Crippen molar-refractivity contribution in [3.05, 3.63) is 144 Å². The van der Waals surface area contributed by atoms with Gasteiger partial charge in [-0.1, -0.05) is 97.1 Å². The fraction of sp³-hybridized carbons (Fsp3) is 0.370. The molecule has 5 aromatic carbocycles. The molecular weight excluding hydrogens is 723 g/mol. The molecule has 1 unspecified atom stereocenters. The molecule has 56 heavy (non-hydrogen) atoms. The van der Waals surface area contributed by atoms with E-state index >= 15 is 0 Å². The van der Waals surface area contributed by atoms with Crippen molar-refractivity contribution in [2.45, 2.75) is 75.7 Å². The third kappa shape index (κ3) is 7.32. The Labute approximate surface area is 332 Å². The maximum atomic E-state index is 9.37. The van der Waals surface area contributed by atoms with Gasteiger partial charge in [0.05, 0.1) is 39.9 Å². The highest BCUT2D eigenvalue weighted by Gasteiger charge is 2.65. The minimum absolute atomic E-state index is 0.0601. The van der Waals surface area contributed by atoms with E-state index < -0.39 is 29.5 Å². The Kier molecular flexibility index (Phi) is 12.1. The monoisotopic (exact) mass is 775 g/mol. The first-order valence-corrected chi connectivity index (χ1v) is 20.2. The number of hydrogen-bond acceptors (Lipinski definition) is 8. The smallest absolute Gasteiger partial charge is 0.273 e. The largest absolute Gasteiger partial charge is 0.497 e. The summed E-state index contributed by atoms with van der Waals surface area (Å²) < 4.78 is 40.1. The fourth-order valence-electron chi connectivity index (χ4n) is 8.26. The van der Waals surface area contributed by atoms with Crippen LogP contribution in [-0.4, -0.2) is 68.3 Å². The van der Waals surface area contributed by atoms with E-state index in [0.717, 1.165) is 44.5 Å². The normalized spacial score (nSPS) is 21.0. The lowest BCUT2D eigenvalue weighted by atomic mass is 9.79. The Bertz CT molecular complexity index is 2040. The number of benzene rings is 5. The van der Waals surface area contributed by atoms with Gasteiger partial charge in [-0.15, -0.1) is 4.42 Å². The van der Waals surface area contributed by atoms with Crippen LogP contribution < -0.4 is 9.47 Å². The molecule has 2 saturated heterocycles. The molecular formula is C46H52N2O7P+. The molecule has 0 radical (unpaired) electrons. The van der Waals surface area contributed by atoms with Crippen LogP contribution in [0.1, 0.15) is 62.5 Å². The van der Waals surface area contributed by atoms with Crippen molar-refractivity contribution in [2.75, 3.05) is 34.0 Å². The van der Waals surface area contributed by atoms with E-state index in [0.29, 0.717) is 13.0 Å². The highest BCUT2D eigenvalue weighted by Crippen LogP contribution is 2.54. The first-order chi connectivity index (χ1) is 27.2. The zero-order valence-corrected chi connectivity index (χ0v) is 34.0. The van der Waals surface area contributed by atoms with Crippen LogP contribution in [0.2, 0.25) is 0 Å². The van der Waals surface area contributed by atoms with E-state index in [1.54, 1.807) is 14.2 Å². The molecule has 2 aliphatic rings. The van der Waals surface area contributed by atoms with Gasteiger partial charge in [-0.05, 0) is 85.0 Å². The van der Waals surface area contributed by atoms with Crippen LogP contribution in [0, 0.1) is 11.3 Å². The summed E-state index contributed by atoms with van der Waals surface area (Å²) in [5, 5.41) is 11.6. The van der Waals surface area contributed by atoms with E-state index in [1.165, 1.54) is 0 Å². The number of nitriles is 1. The third-order valence-electron chi connectivity index (χ3n) is 11.2. The number of quaternary nitrogens is 1. The molecule has 7 rings (SSSR count). The predicted molar refractivity (Wildman–Crippen MR) is 218 cm³/mol. The van der Waals surface area contributed by atoms with E-state index in [-0.39, 0.29) is 38.7 Å². The van der Waals surface area contributed by atoms with Gasteiger partial charge in [-0.2, -0.15) is 10.1 Å². The van der Waals surface area contributed by atoms with Gasteiger partial charge in [0.1, 0.15) is 59.7 Å². The zero-order chi connectivity index (χ0) is 39.3. The molecule has 0 aliphatic carbocycles. The van der Waals surface area contributed by atoms with Crippen molar-refractivity contribution in [1.82, 2.24) is 0 Å². The van der Waals surface area contributed by atoms with Crippen molar-refractivity contribution in [3.8, 4) is 17.6 Å². The van der Waals surface area contributed by atoms with Gasteiger partial charge in [0.15, 0.2) is 0 Å². The quantitative estimate of drug-likeness (QED) is 0.0400. The molecule has 0 amide bonds. The Morgan fingerprint density at radius 3 is 1.98 bits per heavy atom. The molecule has 5 aromatic rings. The van der Waals surface area contributed by atoms with Crippen molar-refractivity contribution in [1.29, 1.82) is 5.26 Å². The fourth-order valence-corrected chi connectivity index (χ4v) is 9.46. The molecule has 2 heterocycles. The number of hydroxylamine groups is 2. The number of rotatable bonds is 17. The molecule has 0 aromatic heterocycles. The lowest BCUT2D eigenvalue weighted by Gasteiger charge is -2.42. The highest BCUT2D eigenvalue weighted by atomic mass is 31.1. The standard InChI is InChI=1S/C46H52N2O7P/c1-32(2)48(33(3)4,53-29-13-28-47)56-55-44-43-42(41-19-12-15-34-14-10-11-18-40(34)41)54-45(44,30-51-43)31-52-46(35-16-8-7-9-17-35,36-20-24-38(49-5)25-21-36)37-22-26-39(50-6)27-23-37/h7-12,14-27,32-33,42-44,56H,13,29-31H2,1-6H3/q+1/t42-,43+,44-,45+/m0/s1. The van der Waals surface area contributed by atoms with Crippen molar-refractivity contribution in [2.24, 2.45) is 0 Å². The average Bonchev–Trinajstić information content (AvgIpc) is 3.74. The topological polar surface area (TPSA) is 88.4 Å². The summed E-state index contributed by atoms with van der Waals surface area (Å²) in [6, 6.07) is 43.4. The first kappa shape index (κ1) is 39.9. The van der Waals surface area contributed by atoms with Gasteiger partial charge in [0, 0.05) is 0 Å². The first-order valence-electron chi connectivity index (χ1n) is 19.3. The number of ether oxygens (including phenoxy) is 5. The molecule has 5 atom stereocenters. The van der Waals surface area contributed by atoms with Crippen LogP contribution in [0.3, 0.4) is 0 Å². The van der Waals surface area contributed by atoms with Gasteiger partial charge >= 0.3 is 0 Å². The summed E-state index contributed by atoms with van der Waals surface area (Å²) in [5.41, 5.74) is 1.78. The second-order valence-electron chi connectivity index (χ2n) is 15.0. The molecule has 10 heteroatoms. The number of hydrogen-bond donors (Lipinski definition) is 0.